The molecular weight excluding hydrogens is 599 g/mol. The molecule has 0 aliphatic heterocycles. The largest absolute Gasteiger partial charge is 0.455 e. The molecule has 0 fully saturated rings. The predicted octanol–water partition coefficient (Wildman–Crippen LogP) is 11.8. The molecule has 0 bridgehead atoms. The lowest BCUT2D eigenvalue weighted by Crippen LogP contribution is -1.97. The van der Waals surface area contributed by atoms with E-state index >= 15 is 0 Å². The van der Waals surface area contributed by atoms with Gasteiger partial charge >= 0.3 is 0 Å². The minimum atomic E-state index is 0.675. The van der Waals surface area contributed by atoms with Gasteiger partial charge in [-0.1, -0.05) is 115 Å². The van der Waals surface area contributed by atoms with Gasteiger partial charge in [-0.05, 0) is 76.3 Å². The third-order valence-corrected chi connectivity index (χ3v) is 8.98. The Bertz CT molecular complexity index is 2590. The summed E-state index contributed by atoms with van der Waals surface area (Å²) in [7, 11) is 0. The minimum absolute atomic E-state index is 0.675. The van der Waals surface area contributed by atoms with Gasteiger partial charge in [-0.2, -0.15) is 0 Å². The lowest BCUT2D eigenvalue weighted by Gasteiger charge is -2.14. The van der Waals surface area contributed by atoms with Crippen molar-refractivity contribution in [2.24, 2.45) is 0 Å². The zero-order valence-electron chi connectivity index (χ0n) is 26.5. The van der Waals surface area contributed by atoms with Crippen molar-refractivity contribution in [2.75, 3.05) is 0 Å². The first kappa shape index (κ1) is 28.6. The summed E-state index contributed by atoms with van der Waals surface area (Å²) in [5, 5.41) is 2.21. The summed E-state index contributed by atoms with van der Waals surface area (Å²) < 4.78 is 6.50. The van der Waals surface area contributed by atoms with Crippen LogP contribution in [0.15, 0.2) is 181 Å². The molecule has 0 aliphatic carbocycles. The zero-order chi connectivity index (χ0) is 32.6. The molecule has 0 atom stereocenters. The number of para-hydroxylation sites is 2. The molecule has 3 heterocycles. The molecule has 9 rings (SSSR count). The van der Waals surface area contributed by atoms with Gasteiger partial charge in [0.1, 0.15) is 11.2 Å². The van der Waals surface area contributed by atoms with Gasteiger partial charge in [-0.15, -0.1) is 0 Å². The highest BCUT2D eigenvalue weighted by molar-refractivity contribution is 6.09. The Morgan fingerprint density at radius 3 is 1.76 bits per heavy atom. The Labute approximate surface area is 284 Å². The monoisotopic (exact) mass is 627 g/mol. The molecule has 6 aromatic carbocycles. The highest BCUT2D eigenvalue weighted by Crippen LogP contribution is 2.39. The average Bonchev–Trinajstić information content (AvgIpc) is 3.58. The first-order valence-corrected chi connectivity index (χ1v) is 16.3. The normalized spacial score (nSPS) is 11.3. The maximum Gasteiger partial charge on any atom is 0.160 e. The second-order valence-electron chi connectivity index (χ2n) is 12.1. The lowest BCUT2D eigenvalue weighted by molar-refractivity contribution is 0.670. The Balaban J connectivity index is 1.27. The van der Waals surface area contributed by atoms with Gasteiger partial charge < -0.3 is 4.42 Å². The first-order valence-electron chi connectivity index (χ1n) is 16.3. The molecule has 4 nitrogen and oxygen atoms in total. The number of nitrogens with zero attached hydrogens (tertiary/aromatic N) is 3. The molecule has 0 saturated heterocycles. The van der Waals surface area contributed by atoms with Crippen molar-refractivity contribution in [1.29, 1.82) is 0 Å². The van der Waals surface area contributed by atoms with Crippen molar-refractivity contribution in [3.8, 4) is 67.3 Å². The van der Waals surface area contributed by atoms with Crippen LogP contribution in [0, 0.1) is 0 Å². The van der Waals surface area contributed by atoms with E-state index in [0.29, 0.717) is 5.82 Å². The van der Waals surface area contributed by atoms with E-state index in [1.807, 2.05) is 60.9 Å². The summed E-state index contributed by atoms with van der Waals surface area (Å²) >= 11 is 0. The van der Waals surface area contributed by atoms with Crippen LogP contribution in [0.1, 0.15) is 0 Å². The van der Waals surface area contributed by atoms with E-state index in [-0.39, 0.29) is 0 Å². The van der Waals surface area contributed by atoms with E-state index in [4.69, 9.17) is 14.4 Å². The van der Waals surface area contributed by atoms with Crippen molar-refractivity contribution in [3.05, 3.63) is 176 Å². The fourth-order valence-electron chi connectivity index (χ4n) is 6.56. The third-order valence-electron chi connectivity index (χ3n) is 8.98. The number of rotatable bonds is 6. The second kappa shape index (κ2) is 12.2. The first-order chi connectivity index (χ1) is 24.3. The van der Waals surface area contributed by atoms with Crippen molar-refractivity contribution >= 4 is 21.9 Å². The van der Waals surface area contributed by atoms with Crippen molar-refractivity contribution < 1.29 is 4.42 Å². The number of furan rings is 1. The van der Waals surface area contributed by atoms with Crippen LogP contribution >= 0.6 is 0 Å². The van der Waals surface area contributed by atoms with E-state index in [2.05, 4.69) is 120 Å². The number of pyridine rings is 1. The van der Waals surface area contributed by atoms with E-state index in [9.17, 15) is 0 Å². The topological polar surface area (TPSA) is 51.8 Å². The molecule has 9 aromatic rings. The molecule has 3 aromatic heterocycles. The molecule has 0 aliphatic rings. The summed E-state index contributed by atoms with van der Waals surface area (Å²) in [6.07, 6.45) is 3.64. The lowest BCUT2D eigenvalue weighted by atomic mass is 9.93. The summed E-state index contributed by atoms with van der Waals surface area (Å²) in [6.45, 7) is 0. The van der Waals surface area contributed by atoms with Gasteiger partial charge in [0.15, 0.2) is 5.82 Å². The van der Waals surface area contributed by atoms with Crippen LogP contribution in [0.4, 0.5) is 0 Å². The van der Waals surface area contributed by atoms with Crippen LogP contribution in [-0.2, 0) is 0 Å². The van der Waals surface area contributed by atoms with Crippen LogP contribution < -0.4 is 0 Å². The Hall–Kier alpha value is -6.65. The highest BCUT2D eigenvalue weighted by atomic mass is 16.3. The number of benzene rings is 6. The van der Waals surface area contributed by atoms with Crippen molar-refractivity contribution in [1.82, 2.24) is 15.0 Å². The van der Waals surface area contributed by atoms with Gasteiger partial charge in [0.2, 0.25) is 0 Å². The molecule has 0 spiro atoms. The van der Waals surface area contributed by atoms with Crippen LogP contribution in [0.2, 0.25) is 0 Å². The summed E-state index contributed by atoms with van der Waals surface area (Å²) in [5.74, 6) is 0.675. The smallest absolute Gasteiger partial charge is 0.160 e. The standard InChI is InChI=1S/C45H29N3O/c1-3-11-30(12-4-1)35-26-36(38-18-10-19-40-39-17-7-8-20-43(39)49-44(38)40)28-37(27-35)42-29-41(47-45(48-42)32-13-5-2-6-14-32)34-16-9-15-33(25-34)31-21-23-46-24-22-31/h1-29H. The fourth-order valence-corrected chi connectivity index (χ4v) is 6.56. The molecule has 49 heavy (non-hydrogen) atoms. The molecule has 230 valence electrons. The zero-order valence-corrected chi connectivity index (χ0v) is 26.5. The number of aromatic nitrogens is 3. The van der Waals surface area contributed by atoms with Gasteiger partial charge in [-0.25, -0.2) is 9.97 Å². The quantitative estimate of drug-likeness (QED) is 0.184. The highest BCUT2D eigenvalue weighted by Gasteiger charge is 2.17. The molecule has 0 unspecified atom stereocenters. The van der Waals surface area contributed by atoms with Crippen LogP contribution in [0.5, 0.6) is 0 Å². The second-order valence-corrected chi connectivity index (χ2v) is 12.1. The van der Waals surface area contributed by atoms with Crippen molar-refractivity contribution in [3.63, 3.8) is 0 Å². The number of hydrogen-bond acceptors (Lipinski definition) is 4. The molecule has 0 N–H and O–H groups in total. The Kier molecular flexibility index (Phi) is 7.10. The van der Waals surface area contributed by atoms with E-state index in [0.717, 1.165) is 83.4 Å². The Morgan fingerprint density at radius 2 is 0.939 bits per heavy atom. The van der Waals surface area contributed by atoms with E-state index in [1.165, 1.54) is 0 Å². The molecule has 0 amide bonds. The predicted molar refractivity (Wildman–Crippen MR) is 200 cm³/mol. The van der Waals surface area contributed by atoms with E-state index in [1.54, 1.807) is 0 Å². The number of hydrogen-bond donors (Lipinski definition) is 0. The van der Waals surface area contributed by atoms with Gasteiger partial charge in [-0.3, -0.25) is 4.98 Å². The molecular formula is C45H29N3O. The van der Waals surface area contributed by atoms with Gasteiger partial charge in [0, 0.05) is 45.4 Å². The average molecular weight is 628 g/mol. The molecule has 0 saturated carbocycles. The maximum absolute atomic E-state index is 6.50. The van der Waals surface area contributed by atoms with Crippen LogP contribution in [0.3, 0.4) is 0 Å². The van der Waals surface area contributed by atoms with Gasteiger partial charge in [0.25, 0.3) is 0 Å². The minimum Gasteiger partial charge on any atom is -0.455 e. The van der Waals surface area contributed by atoms with E-state index < -0.39 is 0 Å². The van der Waals surface area contributed by atoms with Crippen LogP contribution in [0.25, 0.3) is 89.2 Å². The van der Waals surface area contributed by atoms with Crippen LogP contribution in [-0.4, -0.2) is 15.0 Å². The summed E-state index contributed by atoms with van der Waals surface area (Å²) in [4.78, 5) is 14.5. The molecule has 0 radical (unpaired) electrons. The summed E-state index contributed by atoms with van der Waals surface area (Å²) in [6, 6.07) is 56.7. The fraction of sp³-hybridized carbons (Fsp3) is 0. The third kappa shape index (κ3) is 5.45. The van der Waals surface area contributed by atoms with Crippen molar-refractivity contribution in [2.45, 2.75) is 0 Å². The number of fused-ring (bicyclic) bond motifs is 3. The Morgan fingerprint density at radius 1 is 0.367 bits per heavy atom. The van der Waals surface area contributed by atoms with Gasteiger partial charge in [0.05, 0.1) is 11.4 Å². The summed E-state index contributed by atoms with van der Waals surface area (Å²) in [5.41, 5.74) is 13.0. The SMILES string of the molecule is c1ccc(-c2cc(-c3cc(-c4cccc(-c5ccncc5)c4)nc(-c4ccccc4)n3)cc(-c3cccc4c3oc3ccccc34)c2)cc1. The molecule has 4 heteroatoms. The maximum atomic E-state index is 6.50.